The molecule has 10 nitrogen and oxygen atoms in total. The number of urea groups is 1. The largest absolute Gasteiger partial charge is 0.618 e. The zero-order valence-electron chi connectivity index (χ0n) is 16.6. The summed E-state index contributed by atoms with van der Waals surface area (Å²) in [6, 6.07) is 7.59. The fraction of sp³-hybridized carbons (Fsp3) is 0.190. The van der Waals surface area contributed by atoms with Crippen LogP contribution in [0.2, 0.25) is 0 Å². The summed E-state index contributed by atoms with van der Waals surface area (Å²) in [5.74, 6) is -0.112. The van der Waals surface area contributed by atoms with Gasteiger partial charge in [0.15, 0.2) is 23.2 Å². The minimum atomic E-state index is -1.66. The van der Waals surface area contributed by atoms with Crippen LogP contribution in [0.25, 0.3) is 21.9 Å². The van der Waals surface area contributed by atoms with E-state index in [0.29, 0.717) is 21.4 Å². The number of nitrogens with zero attached hydrogens (tertiary/aromatic N) is 2. The molecule has 31 heavy (non-hydrogen) atoms. The molecular formula is C21H18N4O6. The van der Waals surface area contributed by atoms with Crippen molar-refractivity contribution in [2.24, 2.45) is 0 Å². The summed E-state index contributed by atoms with van der Waals surface area (Å²) in [6.07, 6.45) is 3.05. The lowest BCUT2D eigenvalue weighted by atomic mass is 9.96. The van der Waals surface area contributed by atoms with Gasteiger partial charge in [0.1, 0.15) is 11.5 Å². The number of fused-ring (bicyclic) bond motifs is 2. The molecule has 0 radical (unpaired) electrons. The fourth-order valence-electron chi connectivity index (χ4n) is 3.96. The van der Waals surface area contributed by atoms with Gasteiger partial charge in [-0.15, -0.1) is 0 Å². The molecule has 1 aliphatic rings. The number of ether oxygens (including phenoxy) is 1. The first-order valence-corrected chi connectivity index (χ1v) is 9.44. The van der Waals surface area contributed by atoms with Crippen molar-refractivity contribution < 1.29 is 28.6 Å². The lowest BCUT2D eigenvalue weighted by Crippen LogP contribution is -2.47. The Hall–Kier alpha value is -4.21. The van der Waals surface area contributed by atoms with E-state index in [4.69, 9.17) is 9.15 Å². The number of rotatable bonds is 4. The number of nitrogens with one attached hydrogen (secondary N) is 2. The zero-order valence-corrected chi connectivity index (χ0v) is 16.6. The first-order chi connectivity index (χ1) is 14.8. The number of aryl methyl sites for hydroxylation is 1. The van der Waals surface area contributed by atoms with Gasteiger partial charge in [0, 0.05) is 22.5 Å². The smallest absolute Gasteiger partial charge is 0.322 e. The topological polar surface area (TPSA) is 133 Å². The van der Waals surface area contributed by atoms with Gasteiger partial charge in [-0.25, -0.2) is 4.79 Å². The first-order valence-electron chi connectivity index (χ1n) is 9.44. The number of carbonyl (C=O) groups excluding carboxylic acids is 2. The molecular weight excluding hydrogens is 404 g/mol. The average Bonchev–Trinajstić information content (AvgIpc) is 3.37. The summed E-state index contributed by atoms with van der Waals surface area (Å²) >= 11 is 0. The van der Waals surface area contributed by atoms with Gasteiger partial charge >= 0.3 is 6.03 Å². The second-order valence-corrected chi connectivity index (χ2v) is 7.55. The summed E-state index contributed by atoms with van der Waals surface area (Å²) in [4.78, 5) is 25.0. The van der Waals surface area contributed by atoms with E-state index in [1.807, 2.05) is 0 Å². The third kappa shape index (κ3) is 2.75. The molecule has 3 N–H and O–H groups in total. The second-order valence-electron chi connectivity index (χ2n) is 7.55. The second kappa shape index (κ2) is 6.39. The van der Waals surface area contributed by atoms with Crippen LogP contribution in [0.1, 0.15) is 11.3 Å². The predicted molar refractivity (Wildman–Crippen MR) is 108 cm³/mol. The molecule has 1 fully saturated rings. The number of hydrogen-bond acceptors (Lipinski definition) is 6. The Bertz CT molecular complexity index is 1390. The molecule has 0 saturated carbocycles. The molecule has 1 aromatic carbocycles. The molecule has 3 aromatic heterocycles. The van der Waals surface area contributed by atoms with Crippen molar-refractivity contribution in [3.63, 3.8) is 0 Å². The third-order valence-corrected chi connectivity index (χ3v) is 5.50. The Balaban J connectivity index is 1.67. The summed E-state index contributed by atoms with van der Waals surface area (Å²) in [7, 11) is 1.52. The van der Waals surface area contributed by atoms with Gasteiger partial charge in [-0.05, 0) is 31.2 Å². The predicted octanol–water partition coefficient (Wildman–Crippen LogP) is 1.78. The van der Waals surface area contributed by atoms with Crippen molar-refractivity contribution in [3.05, 3.63) is 59.3 Å². The minimum absolute atomic E-state index is 0.0794. The lowest BCUT2D eigenvalue weighted by molar-refractivity contribution is -0.577. The number of benzene rings is 1. The van der Waals surface area contributed by atoms with Crippen LogP contribution < -0.4 is 20.1 Å². The number of imide groups is 1. The van der Waals surface area contributed by atoms with Crippen LogP contribution in [0.3, 0.4) is 0 Å². The molecule has 0 unspecified atom stereocenters. The van der Waals surface area contributed by atoms with Crippen molar-refractivity contribution in [1.82, 2.24) is 15.2 Å². The highest BCUT2D eigenvalue weighted by atomic mass is 16.5. The number of furan rings is 1. The number of aromatic hydroxyl groups is 1. The molecule has 5 rings (SSSR count). The van der Waals surface area contributed by atoms with Gasteiger partial charge in [0.05, 0.1) is 19.7 Å². The molecule has 1 saturated heterocycles. The molecule has 4 heterocycles. The van der Waals surface area contributed by atoms with Gasteiger partial charge in [0.25, 0.3) is 11.4 Å². The molecule has 1 atom stereocenters. The van der Waals surface area contributed by atoms with Crippen LogP contribution in [0.15, 0.2) is 47.1 Å². The maximum Gasteiger partial charge on any atom is 0.322 e. The van der Waals surface area contributed by atoms with E-state index in [2.05, 4.69) is 10.6 Å². The van der Waals surface area contributed by atoms with Crippen LogP contribution in [0, 0.1) is 12.1 Å². The molecule has 0 spiro atoms. The monoisotopic (exact) mass is 422 g/mol. The Morgan fingerprint density at radius 3 is 2.81 bits per heavy atom. The van der Waals surface area contributed by atoms with E-state index in [0.717, 1.165) is 5.39 Å². The van der Waals surface area contributed by atoms with Crippen molar-refractivity contribution in [2.45, 2.75) is 19.0 Å². The zero-order chi connectivity index (χ0) is 21.9. The normalized spacial score (nSPS) is 18.5. The van der Waals surface area contributed by atoms with Crippen LogP contribution in [-0.2, 0) is 16.9 Å². The number of hydrogen-bond donors (Lipinski definition) is 3. The Morgan fingerprint density at radius 1 is 1.29 bits per heavy atom. The number of amides is 3. The molecule has 158 valence electrons. The van der Waals surface area contributed by atoms with Crippen molar-refractivity contribution in [3.8, 4) is 11.6 Å². The fourth-order valence-corrected chi connectivity index (χ4v) is 3.96. The van der Waals surface area contributed by atoms with Gasteiger partial charge < -0.3 is 29.4 Å². The average molecular weight is 422 g/mol. The minimum Gasteiger partial charge on any atom is -0.618 e. The van der Waals surface area contributed by atoms with Gasteiger partial charge in [-0.2, -0.15) is 4.73 Å². The molecule has 10 heteroatoms. The van der Waals surface area contributed by atoms with E-state index in [1.54, 1.807) is 37.4 Å². The lowest BCUT2D eigenvalue weighted by Gasteiger charge is -2.24. The third-order valence-electron chi connectivity index (χ3n) is 5.50. The Labute approximate surface area is 175 Å². The molecule has 4 aromatic rings. The van der Waals surface area contributed by atoms with Crippen molar-refractivity contribution >= 4 is 33.8 Å². The Morgan fingerprint density at radius 2 is 2.10 bits per heavy atom. The van der Waals surface area contributed by atoms with Crippen LogP contribution in [-0.4, -0.2) is 28.7 Å². The van der Waals surface area contributed by atoms with Crippen LogP contribution >= 0.6 is 0 Å². The standard InChI is InChI=1S/C21H18N4O6/c1-11-5-16-15(25(29)8-11)7-17(31-16)21(19(27)22-20(28)23-21)10-24-9-12-3-4-13(30-2)6-14(12)18(24)26/h3-9,26H,10H2,1-2H3,(H2,22,23,27,28)/t21-/m0/s1. The maximum absolute atomic E-state index is 12.9. The quantitative estimate of drug-likeness (QED) is 0.261. The van der Waals surface area contributed by atoms with E-state index in [9.17, 15) is 19.9 Å². The van der Waals surface area contributed by atoms with E-state index in [-0.39, 0.29) is 29.3 Å². The van der Waals surface area contributed by atoms with E-state index in [1.165, 1.54) is 23.9 Å². The number of carbonyl (C=O) groups is 2. The highest BCUT2D eigenvalue weighted by Gasteiger charge is 2.51. The molecule has 3 amide bonds. The van der Waals surface area contributed by atoms with Gasteiger partial charge in [-0.3, -0.25) is 10.1 Å². The highest BCUT2D eigenvalue weighted by Crippen LogP contribution is 2.36. The first kappa shape index (κ1) is 18.8. The summed E-state index contributed by atoms with van der Waals surface area (Å²) < 4.78 is 13.1. The van der Waals surface area contributed by atoms with Crippen molar-refractivity contribution in [1.29, 1.82) is 0 Å². The van der Waals surface area contributed by atoms with Crippen LogP contribution in [0.4, 0.5) is 4.79 Å². The van der Waals surface area contributed by atoms with Crippen molar-refractivity contribution in [2.75, 3.05) is 7.11 Å². The summed E-state index contributed by atoms with van der Waals surface area (Å²) in [5.41, 5.74) is -0.473. The molecule has 0 bridgehead atoms. The van der Waals surface area contributed by atoms with E-state index >= 15 is 0 Å². The summed E-state index contributed by atoms with van der Waals surface area (Å²) in [6.45, 7) is 1.58. The SMILES string of the molecule is COc1ccc2cn(C[C@@]3(c4cc5c(cc(C)c[n+]5[O-])o4)NC(=O)NC3=O)c(O)c2c1. The van der Waals surface area contributed by atoms with E-state index < -0.39 is 17.5 Å². The van der Waals surface area contributed by atoms with Crippen LogP contribution in [0.5, 0.6) is 11.6 Å². The Kier molecular flexibility index (Phi) is 3.88. The number of aromatic nitrogens is 2. The molecule has 1 aliphatic heterocycles. The maximum atomic E-state index is 12.9. The van der Waals surface area contributed by atoms with Gasteiger partial charge in [0.2, 0.25) is 0 Å². The molecule has 0 aliphatic carbocycles. The number of methoxy groups -OCH3 is 1. The summed E-state index contributed by atoms with van der Waals surface area (Å²) in [5, 5.41) is 29.1. The highest BCUT2D eigenvalue weighted by molar-refractivity contribution is 6.07. The van der Waals surface area contributed by atoms with Gasteiger partial charge in [-0.1, -0.05) is 0 Å². The number of pyridine rings is 1.